The first-order chi connectivity index (χ1) is 7.58. The lowest BCUT2D eigenvalue weighted by molar-refractivity contribution is -0.139. The van der Waals surface area contributed by atoms with Crippen molar-refractivity contribution in [1.82, 2.24) is 10.2 Å². The highest BCUT2D eigenvalue weighted by atomic mass is 16.3. The number of nitrogens with zero attached hydrogens (tertiary/aromatic N) is 1. The zero-order valence-corrected chi connectivity index (χ0v) is 10.0. The lowest BCUT2D eigenvalue weighted by Gasteiger charge is -2.38. The average Bonchev–Trinajstić information content (AvgIpc) is 2.29. The highest BCUT2D eigenvalue weighted by molar-refractivity contribution is 5.79. The predicted molar refractivity (Wildman–Crippen MR) is 62.0 cm³/mol. The Hall–Kier alpha value is -0.610. The molecule has 92 valence electrons. The smallest absolute Gasteiger partial charge is 0.226 e. The molecule has 0 aromatic rings. The number of likely N-dealkylation sites (tertiary alicyclic amines) is 1. The van der Waals surface area contributed by atoms with E-state index in [1.165, 1.54) is 0 Å². The molecule has 1 amide bonds. The van der Waals surface area contributed by atoms with E-state index in [4.69, 9.17) is 0 Å². The molecule has 2 saturated heterocycles. The van der Waals surface area contributed by atoms with Gasteiger partial charge in [0.2, 0.25) is 5.91 Å². The first-order valence-electron chi connectivity index (χ1n) is 6.30. The summed E-state index contributed by atoms with van der Waals surface area (Å²) < 4.78 is 0. The molecular formula is C12H22N2O2. The van der Waals surface area contributed by atoms with Gasteiger partial charge in [0.15, 0.2) is 0 Å². The molecule has 0 aliphatic carbocycles. The van der Waals surface area contributed by atoms with Crippen molar-refractivity contribution < 1.29 is 9.90 Å². The third-order valence-corrected chi connectivity index (χ3v) is 3.80. The van der Waals surface area contributed by atoms with Crippen molar-refractivity contribution in [1.29, 1.82) is 0 Å². The topological polar surface area (TPSA) is 52.6 Å². The van der Waals surface area contributed by atoms with Gasteiger partial charge in [0.25, 0.3) is 0 Å². The third-order valence-electron chi connectivity index (χ3n) is 3.80. The van der Waals surface area contributed by atoms with Crippen molar-refractivity contribution in [2.24, 2.45) is 5.92 Å². The first-order valence-corrected chi connectivity index (χ1v) is 6.30. The summed E-state index contributed by atoms with van der Waals surface area (Å²) in [6.45, 7) is 5.14. The molecule has 4 nitrogen and oxygen atoms in total. The molecule has 0 unspecified atom stereocenters. The van der Waals surface area contributed by atoms with Crippen LogP contribution in [0.3, 0.4) is 0 Å². The minimum Gasteiger partial charge on any atom is -0.390 e. The van der Waals surface area contributed by atoms with Crippen LogP contribution in [0, 0.1) is 5.92 Å². The fourth-order valence-electron chi connectivity index (χ4n) is 2.53. The van der Waals surface area contributed by atoms with E-state index in [1.807, 2.05) is 11.8 Å². The van der Waals surface area contributed by atoms with Crippen molar-refractivity contribution >= 4 is 5.91 Å². The van der Waals surface area contributed by atoms with Gasteiger partial charge < -0.3 is 15.3 Å². The highest BCUT2D eigenvalue weighted by Crippen LogP contribution is 2.23. The monoisotopic (exact) mass is 226 g/mol. The van der Waals surface area contributed by atoms with Gasteiger partial charge in [-0.2, -0.15) is 0 Å². The fraction of sp³-hybridized carbons (Fsp3) is 0.917. The SMILES string of the molecule is CC1(O)CCN(C(=O)[C@H]2CCCNC2)CC1. The number of hydrogen-bond donors (Lipinski definition) is 2. The Balaban J connectivity index is 1.86. The van der Waals surface area contributed by atoms with Gasteiger partial charge in [0.05, 0.1) is 11.5 Å². The second-order valence-corrected chi connectivity index (χ2v) is 5.37. The number of amides is 1. The van der Waals surface area contributed by atoms with Crippen molar-refractivity contribution in [3.63, 3.8) is 0 Å². The molecule has 2 N–H and O–H groups in total. The second kappa shape index (κ2) is 4.72. The van der Waals surface area contributed by atoms with Gasteiger partial charge in [-0.15, -0.1) is 0 Å². The minimum atomic E-state index is -0.568. The number of hydrogen-bond acceptors (Lipinski definition) is 3. The largest absolute Gasteiger partial charge is 0.390 e. The molecule has 2 aliphatic rings. The van der Waals surface area contributed by atoms with Crippen LogP contribution < -0.4 is 5.32 Å². The Morgan fingerprint density at radius 2 is 2.12 bits per heavy atom. The Bertz CT molecular complexity index is 250. The van der Waals surface area contributed by atoms with Crippen molar-refractivity contribution in [3.8, 4) is 0 Å². The van der Waals surface area contributed by atoms with E-state index in [0.29, 0.717) is 25.9 Å². The number of aliphatic hydroxyl groups is 1. The van der Waals surface area contributed by atoms with E-state index < -0.39 is 5.60 Å². The van der Waals surface area contributed by atoms with Crippen LogP contribution in [0.15, 0.2) is 0 Å². The van der Waals surface area contributed by atoms with E-state index in [-0.39, 0.29) is 11.8 Å². The van der Waals surface area contributed by atoms with Gasteiger partial charge in [-0.25, -0.2) is 0 Å². The maximum Gasteiger partial charge on any atom is 0.226 e. The zero-order chi connectivity index (χ0) is 11.6. The van der Waals surface area contributed by atoms with Gasteiger partial charge in [0, 0.05) is 19.6 Å². The number of piperidine rings is 2. The molecule has 2 heterocycles. The molecule has 1 atom stereocenters. The van der Waals surface area contributed by atoms with Crippen molar-refractivity contribution in [3.05, 3.63) is 0 Å². The van der Waals surface area contributed by atoms with Crippen LogP contribution in [-0.4, -0.2) is 47.7 Å². The Morgan fingerprint density at radius 1 is 1.44 bits per heavy atom. The molecule has 4 heteroatoms. The van der Waals surface area contributed by atoms with E-state index >= 15 is 0 Å². The maximum absolute atomic E-state index is 12.2. The molecular weight excluding hydrogens is 204 g/mol. The van der Waals surface area contributed by atoms with Crippen LogP contribution in [0.25, 0.3) is 0 Å². The molecule has 2 fully saturated rings. The Morgan fingerprint density at radius 3 is 2.69 bits per heavy atom. The molecule has 0 saturated carbocycles. The van der Waals surface area contributed by atoms with Crippen molar-refractivity contribution in [2.45, 2.75) is 38.2 Å². The third kappa shape index (κ3) is 2.74. The van der Waals surface area contributed by atoms with Crippen LogP contribution in [0.1, 0.15) is 32.6 Å². The summed E-state index contributed by atoms with van der Waals surface area (Å²) in [5.41, 5.74) is -0.568. The summed E-state index contributed by atoms with van der Waals surface area (Å²) in [6, 6.07) is 0. The van der Waals surface area contributed by atoms with Crippen LogP contribution >= 0.6 is 0 Å². The number of rotatable bonds is 1. The normalized spacial score (nSPS) is 30.1. The number of carbonyl (C=O) groups is 1. The summed E-state index contributed by atoms with van der Waals surface area (Å²) in [5.74, 6) is 0.444. The predicted octanol–water partition coefficient (Wildman–Crippen LogP) is 0.359. The fourth-order valence-corrected chi connectivity index (χ4v) is 2.53. The lowest BCUT2D eigenvalue weighted by Crippen LogP contribution is -2.49. The van der Waals surface area contributed by atoms with Gasteiger partial charge in [0.1, 0.15) is 0 Å². The molecule has 0 aromatic heterocycles. The summed E-state index contributed by atoms with van der Waals surface area (Å²) >= 11 is 0. The van der Waals surface area contributed by atoms with Crippen LogP contribution in [0.5, 0.6) is 0 Å². The number of carbonyl (C=O) groups excluding carboxylic acids is 1. The summed E-state index contributed by atoms with van der Waals surface area (Å²) in [5, 5.41) is 13.1. The summed E-state index contributed by atoms with van der Waals surface area (Å²) in [4.78, 5) is 14.1. The molecule has 0 spiro atoms. The van der Waals surface area contributed by atoms with E-state index in [1.54, 1.807) is 0 Å². The van der Waals surface area contributed by atoms with Gasteiger partial charge in [-0.1, -0.05) is 0 Å². The summed E-state index contributed by atoms with van der Waals surface area (Å²) in [6.07, 6.45) is 3.53. The van der Waals surface area contributed by atoms with Crippen molar-refractivity contribution in [2.75, 3.05) is 26.2 Å². The van der Waals surface area contributed by atoms with Gasteiger partial charge in [-0.3, -0.25) is 4.79 Å². The Kier molecular flexibility index (Phi) is 3.50. The van der Waals surface area contributed by atoms with Crippen LogP contribution in [0.4, 0.5) is 0 Å². The minimum absolute atomic E-state index is 0.164. The molecule has 0 radical (unpaired) electrons. The Labute approximate surface area is 97.0 Å². The average molecular weight is 226 g/mol. The molecule has 2 rings (SSSR count). The maximum atomic E-state index is 12.2. The lowest BCUT2D eigenvalue weighted by atomic mass is 9.91. The molecule has 16 heavy (non-hydrogen) atoms. The molecule has 2 aliphatic heterocycles. The van der Waals surface area contributed by atoms with Crippen LogP contribution in [-0.2, 0) is 4.79 Å². The van der Waals surface area contributed by atoms with E-state index in [9.17, 15) is 9.90 Å². The van der Waals surface area contributed by atoms with Gasteiger partial charge in [-0.05, 0) is 39.2 Å². The van der Waals surface area contributed by atoms with Crippen LogP contribution in [0.2, 0.25) is 0 Å². The molecule has 0 aromatic carbocycles. The quantitative estimate of drug-likeness (QED) is 0.679. The second-order valence-electron chi connectivity index (χ2n) is 5.37. The highest BCUT2D eigenvalue weighted by Gasteiger charge is 2.32. The van der Waals surface area contributed by atoms with E-state index in [2.05, 4.69) is 5.32 Å². The number of nitrogens with one attached hydrogen (secondary N) is 1. The molecule has 0 bridgehead atoms. The van der Waals surface area contributed by atoms with Gasteiger partial charge >= 0.3 is 0 Å². The summed E-state index contributed by atoms with van der Waals surface area (Å²) in [7, 11) is 0. The zero-order valence-electron chi connectivity index (χ0n) is 10.0. The standard InChI is InChI=1S/C12H22N2O2/c1-12(16)4-7-14(8-5-12)11(15)10-3-2-6-13-9-10/h10,13,16H,2-9H2,1H3/t10-/m0/s1. The first kappa shape index (κ1) is 11.9. The van der Waals surface area contributed by atoms with E-state index in [0.717, 1.165) is 25.9 Å².